The number of nitrogens with zero attached hydrogens (tertiary/aromatic N) is 2. The van der Waals surface area contributed by atoms with Crippen LogP contribution in [0.3, 0.4) is 0 Å². The van der Waals surface area contributed by atoms with Gasteiger partial charge in [0.15, 0.2) is 9.84 Å². The summed E-state index contributed by atoms with van der Waals surface area (Å²) in [6, 6.07) is 3.57. The Kier molecular flexibility index (Phi) is 5.05. The molecule has 1 aromatic heterocycles. The average molecular weight is 325 g/mol. The summed E-state index contributed by atoms with van der Waals surface area (Å²) in [5, 5.41) is 2.87. The second-order valence-electron chi connectivity index (χ2n) is 5.85. The maximum atomic E-state index is 12.0. The van der Waals surface area contributed by atoms with Gasteiger partial charge in [-0.2, -0.15) is 0 Å². The summed E-state index contributed by atoms with van der Waals surface area (Å²) in [5.41, 5.74) is 1.19. The lowest BCUT2D eigenvalue weighted by atomic mass is 10.2. The average Bonchev–Trinajstić information content (AvgIpc) is 2.86. The van der Waals surface area contributed by atoms with E-state index in [4.69, 9.17) is 0 Å². The molecule has 1 aromatic rings. The minimum absolute atomic E-state index is 0.0217. The molecule has 2 rings (SSSR count). The number of pyridine rings is 1. The fraction of sp³-hybridized carbons (Fsp3) is 0.600. The van der Waals surface area contributed by atoms with Crippen LogP contribution in [0.15, 0.2) is 18.3 Å². The Bertz CT molecular complexity index is 628. The number of rotatable bonds is 5. The lowest BCUT2D eigenvalue weighted by Gasteiger charge is -2.25. The molecule has 1 saturated heterocycles. The number of amides is 1. The predicted molar refractivity (Wildman–Crippen MR) is 86.9 cm³/mol. The normalized spacial score (nSPS) is 21.3. The zero-order valence-corrected chi connectivity index (χ0v) is 14.1. The van der Waals surface area contributed by atoms with Crippen molar-refractivity contribution in [2.75, 3.05) is 23.5 Å². The molecule has 22 heavy (non-hydrogen) atoms. The smallest absolute Gasteiger partial charge is 0.270 e. The van der Waals surface area contributed by atoms with Crippen LogP contribution in [0.2, 0.25) is 0 Å². The van der Waals surface area contributed by atoms with Crippen molar-refractivity contribution in [3.8, 4) is 0 Å². The van der Waals surface area contributed by atoms with Crippen LogP contribution in [-0.4, -0.2) is 49.9 Å². The van der Waals surface area contributed by atoms with Gasteiger partial charge in [-0.1, -0.05) is 6.92 Å². The molecule has 7 heteroatoms. The van der Waals surface area contributed by atoms with Crippen molar-refractivity contribution in [2.45, 2.75) is 38.8 Å². The van der Waals surface area contributed by atoms with E-state index in [9.17, 15) is 13.2 Å². The quantitative estimate of drug-likeness (QED) is 0.881. The molecular formula is C15H23N3O3S. The predicted octanol–water partition coefficient (Wildman–Crippen LogP) is 1.23. The number of sulfone groups is 1. The maximum absolute atomic E-state index is 12.0. The number of carbonyl (C=O) groups excluding carboxylic acids is 1. The van der Waals surface area contributed by atoms with E-state index >= 15 is 0 Å². The van der Waals surface area contributed by atoms with Gasteiger partial charge in [0.1, 0.15) is 5.69 Å². The van der Waals surface area contributed by atoms with E-state index in [1.165, 1.54) is 0 Å². The van der Waals surface area contributed by atoms with Crippen LogP contribution in [0.25, 0.3) is 0 Å². The van der Waals surface area contributed by atoms with Crippen molar-refractivity contribution in [1.29, 1.82) is 0 Å². The fourth-order valence-electron chi connectivity index (χ4n) is 2.42. The van der Waals surface area contributed by atoms with E-state index in [0.29, 0.717) is 12.1 Å². The Morgan fingerprint density at radius 2 is 2.23 bits per heavy atom. The molecule has 1 fully saturated rings. The van der Waals surface area contributed by atoms with Crippen LogP contribution in [-0.2, 0) is 9.84 Å². The summed E-state index contributed by atoms with van der Waals surface area (Å²) in [5.74, 6) is 0.233. The summed E-state index contributed by atoms with van der Waals surface area (Å²) in [7, 11) is -1.05. The fourth-order valence-corrected chi connectivity index (χ4v) is 4.19. The van der Waals surface area contributed by atoms with Gasteiger partial charge >= 0.3 is 0 Å². The molecular weight excluding hydrogens is 302 g/mol. The van der Waals surface area contributed by atoms with Gasteiger partial charge < -0.3 is 10.2 Å². The van der Waals surface area contributed by atoms with E-state index in [1.807, 2.05) is 31.9 Å². The van der Waals surface area contributed by atoms with Crippen LogP contribution in [0.5, 0.6) is 0 Å². The zero-order valence-electron chi connectivity index (χ0n) is 13.2. The van der Waals surface area contributed by atoms with Crippen molar-refractivity contribution in [2.24, 2.45) is 0 Å². The van der Waals surface area contributed by atoms with Gasteiger partial charge in [-0.05, 0) is 31.9 Å². The molecule has 1 aliphatic rings. The first-order valence-electron chi connectivity index (χ1n) is 7.52. The van der Waals surface area contributed by atoms with Crippen LogP contribution >= 0.6 is 0 Å². The minimum atomic E-state index is -2.91. The number of nitrogens with one attached hydrogen (secondary N) is 1. The molecule has 1 amide bonds. The summed E-state index contributed by atoms with van der Waals surface area (Å²) in [6.45, 7) is 3.95. The van der Waals surface area contributed by atoms with Crippen molar-refractivity contribution >= 4 is 21.4 Å². The third-order valence-electron chi connectivity index (χ3n) is 4.13. The number of anilines is 1. The second kappa shape index (κ2) is 6.64. The third kappa shape index (κ3) is 3.97. The van der Waals surface area contributed by atoms with Gasteiger partial charge in [0.05, 0.1) is 23.4 Å². The molecule has 0 aromatic carbocycles. The van der Waals surface area contributed by atoms with E-state index in [2.05, 4.69) is 10.3 Å². The van der Waals surface area contributed by atoms with E-state index in [1.54, 1.807) is 12.3 Å². The van der Waals surface area contributed by atoms with Gasteiger partial charge in [-0.15, -0.1) is 0 Å². The molecule has 0 bridgehead atoms. The van der Waals surface area contributed by atoms with Crippen molar-refractivity contribution in [1.82, 2.24) is 10.3 Å². The van der Waals surface area contributed by atoms with Crippen LogP contribution in [0.4, 0.5) is 5.69 Å². The molecule has 122 valence electrons. The number of carbonyl (C=O) groups is 1. The number of hydrogen-bond acceptors (Lipinski definition) is 5. The zero-order chi connectivity index (χ0) is 16.3. The summed E-state index contributed by atoms with van der Waals surface area (Å²) >= 11 is 0. The maximum Gasteiger partial charge on any atom is 0.270 e. The molecule has 0 radical (unpaired) electrons. The van der Waals surface area contributed by atoms with Crippen LogP contribution in [0, 0.1) is 0 Å². The van der Waals surface area contributed by atoms with Gasteiger partial charge in [0, 0.05) is 19.1 Å². The first-order valence-corrected chi connectivity index (χ1v) is 9.34. The molecule has 2 atom stereocenters. The van der Waals surface area contributed by atoms with Crippen molar-refractivity contribution in [3.63, 3.8) is 0 Å². The molecule has 2 heterocycles. The molecule has 1 N–H and O–H groups in total. The molecule has 6 nitrogen and oxygen atoms in total. The molecule has 0 spiro atoms. The highest BCUT2D eigenvalue weighted by atomic mass is 32.2. The SMILES string of the molecule is CCC(C)NC(=O)c1ccc(N(C)C2CCS(=O)(=O)C2)cn1. The number of aromatic nitrogens is 1. The second-order valence-corrected chi connectivity index (χ2v) is 8.08. The Balaban J connectivity index is 2.04. The first-order chi connectivity index (χ1) is 10.3. The Morgan fingerprint density at radius 3 is 2.73 bits per heavy atom. The van der Waals surface area contributed by atoms with Gasteiger partial charge in [-0.3, -0.25) is 4.79 Å². The molecule has 0 aliphatic carbocycles. The number of hydrogen-bond donors (Lipinski definition) is 1. The standard InChI is InChI=1S/C15H23N3O3S/c1-4-11(2)17-15(19)14-6-5-12(9-16-14)18(3)13-7-8-22(20,21)10-13/h5-6,9,11,13H,4,7-8,10H2,1-3H3,(H,17,19). The summed E-state index contributed by atoms with van der Waals surface area (Å²) in [4.78, 5) is 18.1. The van der Waals surface area contributed by atoms with Crippen LogP contribution in [0.1, 0.15) is 37.2 Å². The monoisotopic (exact) mass is 325 g/mol. The molecule has 2 unspecified atom stereocenters. The van der Waals surface area contributed by atoms with E-state index in [0.717, 1.165) is 12.1 Å². The Hall–Kier alpha value is -1.63. The van der Waals surface area contributed by atoms with Crippen molar-refractivity contribution in [3.05, 3.63) is 24.0 Å². The summed E-state index contributed by atoms with van der Waals surface area (Å²) < 4.78 is 23.1. The highest BCUT2D eigenvalue weighted by Gasteiger charge is 2.30. The Morgan fingerprint density at radius 1 is 1.50 bits per heavy atom. The molecule has 0 saturated carbocycles. The van der Waals surface area contributed by atoms with E-state index in [-0.39, 0.29) is 29.5 Å². The van der Waals surface area contributed by atoms with Crippen molar-refractivity contribution < 1.29 is 13.2 Å². The largest absolute Gasteiger partial charge is 0.369 e. The highest BCUT2D eigenvalue weighted by molar-refractivity contribution is 7.91. The van der Waals surface area contributed by atoms with Crippen LogP contribution < -0.4 is 10.2 Å². The van der Waals surface area contributed by atoms with Gasteiger partial charge in [0.2, 0.25) is 0 Å². The highest BCUT2D eigenvalue weighted by Crippen LogP contribution is 2.22. The van der Waals surface area contributed by atoms with Gasteiger partial charge in [-0.25, -0.2) is 13.4 Å². The molecule has 1 aliphatic heterocycles. The third-order valence-corrected chi connectivity index (χ3v) is 5.88. The first kappa shape index (κ1) is 16.7. The summed E-state index contributed by atoms with van der Waals surface area (Å²) in [6.07, 6.45) is 3.12. The minimum Gasteiger partial charge on any atom is -0.369 e. The Labute approximate surface area is 131 Å². The lowest BCUT2D eigenvalue weighted by molar-refractivity contribution is 0.0934. The van der Waals surface area contributed by atoms with Gasteiger partial charge in [0.25, 0.3) is 5.91 Å². The van der Waals surface area contributed by atoms with E-state index < -0.39 is 9.84 Å². The lowest BCUT2D eigenvalue weighted by Crippen LogP contribution is -2.33. The topological polar surface area (TPSA) is 79.4 Å².